The molecule has 1 nitrogen and oxygen atoms in total. The fraction of sp³-hybridized carbons (Fsp3) is 0.562. The molecule has 1 aromatic rings. The molecule has 0 aliphatic heterocycles. The highest BCUT2D eigenvalue weighted by molar-refractivity contribution is 6.31. The van der Waals surface area contributed by atoms with Gasteiger partial charge in [0.25, 0.3) is 0 Å². The van der Waals surface area contributed by atoms with Crippen LogP contribution in [0.4, 0.5) is 0 Å². The molecular weight excluding hydrogens is 244 g/mol. The van der Waals surface area contributed by atoms with E-state index >= 15 is 0 Å². The van der Waals surface area contributed by atoms with Gasteiger partial charge in [0.2, 0.25) is 0 Å². The van der Waals surface area contributed by atoms with Gasteiger partial charge in [-0.2, -0.15) is 0 Å². The first-order valence-corrected chi connectivity index (χ1v) is 7.30. The van der Waals surface area contributed by atoms with E-state index in [0.717, 1.165) is 23.6 Å². The summed E-state index contributed by atoms with van der Waals surface area (Å²) < 4.78 is 0. The molecule has 1 saturated carbocycles. The maximum Gasteiger partial charge on any atom is 0.120 e. The maximum absolute atomic E-state index is 10.4. The Bertz CT molecular complexity index is 406. The highest BCUT2D eigenvalue weighted by Crippen LogP contribution is 2.38. The summed E-state index contributed by atoms with van der Waals surface area (Å²) in [4.78, 5) is 10.4. The van der Waals surface area contributed by atoms with Crippen LogP contribution in [-0.4, -0.2) is 6.29 Å². The maximum atomic E-state index is 10.4. The van der Waals surface area contributed by atoms with Crippen LogP contribution in [0.15, 0.2) is 18.2 Å². The summed E-state index contributed by atoms with van der Waals surface area (Å²) in [5.41, 5.74) is 2.47. The topological polar surface area (TPSA) is 17.1 Å². The Balaban J connectivity index is 2.07. The third-order valence-corrected chi connectivity index (χ3v) is 4.40. The van der Waals surface area contributed by atoms with E-state index in [-0.39, 0.29) is 0 Å². The molecular formula is C16H21ClO. The summed E-state index contributed by atoms with van der Waals surface area (Å²) in [5, 5.41) is 0.887. The van der Waals surface area contributed by atoms with Crippen molar-refractivity contribution in [3.63, 3.8) is 0 Å². The first kappa shape index (κ1) is 13.6. The zero-order valence-electron chi connectivity index (χ0n) is 11.0. The highest BCUT2D eigenvalue weighted by atomic mass is 35.5. The molecule has 0 saturated heterocycles. The van der Waals surface area contributed by atoms with E-state index in [9.17, 15) is 4.79 Å². The molecule has 1 aliphatic carbocycles. The summed E-state index contributed by atoms with van der Waals surface area (Å²) in [6, 6.07) is 6.34. The number of hydrogen-bond donors (Lipinski definition) is 0. The molecule has 2 heteroatoms. The van der Waals surface area contributed by atoms with Gasteiger partial charge in [-0.05, 0) is 48.3 Å². The minimum absolute atomic E-state index is 0.580. The molecule has 0 radical (unpaired) electrons. The SMILES string of the molecule is CC1CCC(c2ccc(CCC=O)cc2Cl)CC1. The second-order valence-electron chi connectivity index (χ2n) is 5.52. The van der Waals surface area contributed by atoms with Crippen LogP contribution >= 0.6 is 11.6 Å². The zero-order chi connectivity index (χ0) is 13.0. The smallest absolute Gasteiger partial charge is 0.120 e. The van der Waals surface area contributed by atoms with E-state index in [1.54, 1.807) is 0 Å². The molecule has 1 aliphatic rings. The van der Waals surface area contributed by atoms with Gasteiger partial charge < -0.3 is 4.79 Å². The molecule has 98 valence electrons. The molecule has 1 fully saturated rings. The lowest BCUT2D eigenvalue weighted by atomic mass is 9.79. The van der Waals surface area contributed by atoms with Crippen LogP contribution in [0.3, 0.4) is 0 Å². The predicted octanol–water partition coefficient (Wildman–Crippen LogP) is 4.77. The van der Waals surface area contributed by atoms with Gasteiger partial charge in [-0.15, -0.1) is 0 Å². The summed E-state index contributed by atoms with van der Waals surface area (Å²) in [6.07, 6.45) is 7.48. The molecule has 0 amide bonds. The van der Waals surface area contributed by atoms with Crippen molar-refractivity contribution in [3.05, 3.63) is 34.3 Å². The molecule has 2 rings (SSSR count). The quantitative estimate of drug-likeness (QED) is 0.716. The summed E-state index contributed by atoms with van der Waals surface area (Å²) in [6.45, 7) is 2.33. The van der Waals surface area contributed by atoms with E-state index in [0.29, 0.717) is 12.3 Å². The molecule has 0 atom stereocenters. The fourth-order valence-corrected chi connectivity index (χ4v) is 3.21. The lowest BCUT2D eigenvalue weighted by molar-refractivity contribution is -0.107. The standard InChI is InChI=1S/C16H21ClO/c1-12-4-7-14(8-5-12)15-9-6-13(3-2-10-18)11-16(15)17/h6,9-12,14H,2-5,7-8H2,1H3. The Hall–Kier alpha value is -0.820. The molecule has 0 heterocycles. The Morgan fingerprint density at radius 2 is 2.00 bits per heavy atom. The second kappa shape index (κ2) is 6.38. The van der Waals surface area contributed by atoms with Gasteiger partial charge in [0.05, 0.1) is 0 Å². The summed E-state index contributed by atoms with van der Waals surface area (Å²) >= 11 is 6.39. The largest absolute Gasteiger partial charge is 0.303 e. The van der Waals surface area contributed by atoms with Gasteiger partial charge in [0.1, 0.15) is 6.29 Å². The average molecular weight is 265 g/mol. The highest BCUT2D eigenvalue weighted by Gasteiger charge is 2.21. The van der Waals surface area contributed by atoms with Gasteiger partial charge in [0, 0.05) is 11.4 Å². The van der Waals surface area contributed by atoms with Crippen LogP contribution in [0.2, 0.25) is 5.02 Å². The van der Waals surface area contributed by atoms with Crippen molar-refractivity contribution in [1.82, 2.24) is 0 Å². The van der Waals surface area contributed by atoms with Gasteiger partial charge in [-0.25, -0.2) is 0 Å². The van der Waals surface area contributed by atoms with Gasteiger partial charge in [0.15, 0.2) is 0 Å². The molecule has 0 N–H and O–H groups in total. The number of carbonyl (C=O) groups is 1. The van der Waals surface area contributed by atoms with E-state index in [1.165, 1.54) is 36.8 Å². The van der Waals surface area contributed by atoms with E-state index < -0.39 is 0 Å². The Morgan fingerprint density at radius 1 is 1.28 bits per heavy atom. The Labute approximate surface area is 115 Å². The lowest BCUT2D eigenvalue weighted by Crippen LogP contribution is -2.11. The molecule has 1 aromatic carbocycles. The molecule has 18 heavy (non-hydrogen) atoms. The minimum atomic E-state index is 0.580. The number of halogens is 1. The first-order chi connectivity index (χ1) is 8.70. The zero-order valence-corrected chi connectivity index (χ0v) is 11.7. The predicted molar refractivity (Wildman–Crippen MR) is 76.2 cm³/mol. The van der Waals surface area contributed by atoms with Crippen molar-refractivity contribution in [2.45, 2.75) is 51.4 Å². The van der Waals surface area contributed by atoms with E-state index in [4.69, 9.17) is 11.6 Å². The van der Waals surface area contributed by atoms with Crippen molar-refractivity contribution in [3.8, 4) is 0 Å². The van der Waals surface area contributed by atoms with Crippen LogP contribution in [0.25, 0.3) is 0 Å². The van der Waals surface area contributed by atoms with Crippen LogP contribution in [0.5, 0.6) is 0 Å². The van der Waals surface area contributed by atoms with Crippen LogP contribution < -0.4 is 0 Å². The normalized spacial score (nSPS) is 23.9. The lowest BCUT2D eigenvalue weighted by Gasteiger charge is -2.27. The molecule has 0 spiro atoms. The van der Waals surface area contributed by atoms with Crippen molar-refractivity contribution < 1.29 is 4.79 Å². The third kappa shape index (κ3) is 3.35. The monoisotopic (exact) mass is 264 g/mol. The van der Waals surface area contributed by atoms with Gasteiger partial charge in [-0.3, -0.25) is 0 Å². The second-order valence-corrected chi connectivity index (χ2v) is 5.93. The summed E-state index contributed by atoms with van der Waals surface area (Å²) in [7, 11) is 0. The number of aryl methyl sites for hydroxylation is 1. The minimum Gasteiger partial charge on any atom is -0.303 e. The molecule has 0 unspecified atom stereocenters. The van der Waals surface area contributed by atoms with E-state index in [1.807, 2.05) is 6.07 Å². The fourth-order valence-electron chi connectivity index (χ4n) is 2.85. The molecule has 0 bridgehead atoms. The Morgan fingerprint density at radius 3 is 2.61 bits per heavy atom. The third-order valence-electron chi connectivity index (χ3n) is 4.07. The van der Waals surface area contributed by atoms with Crippen molar-refractivity contribution in [2.75, 3.05) is 0 Å². The number of hydrogen-bond acceptors (Lipinski definition) is 1. The molecule has 0 aromatic heterocycles. The number of rotatable bonds is 4. The van der Waals surface area contributed by atoms with E-state index in [2.05, 4.69) is 19.1 Å². The van der Waals surface area contributed by atoms with Crippen molar-refractivity contribution >= 4 is 17.9 Å². The average Bonchev–Trinajstić information content (AvgIpc) is 2.38. The number of benzene rings is 1. The van der Waals surface area contributed by atoms with Gasteiger partial charge >= 0.3 is 0 Å². The van der Waals surface area contributed by atoms with Crippen molar-refractivity contribution in [1.29, 1.82) is 0 Å². The van der Waals surface area contributed by atoms with Crippen LogP contribution in [-0.2, 0) is 11.2 Å². The first-order valence-electron chi connectivity index (χ1n) is 6.92. The van der Waals surface area contributed by atoms with Crippen LogP contribution in [0.1, 0.15) is 56.1 Å². The number of carbonyl (C=O) groups excluding carboxylic acids is 1. The van der Waals surface area contributed by atoms with Crippen molar-refractivity contribution in [2.24, 2.45) is 5.92 Å². The number of aldehydes is 1. The Kier molecular flexibility index (Phi) is 4.82. The van der Waals surface area contributed by atoms with Gasteiger partial charge in [-0.1, -0.05) is 43.5 Å². The van der Waals surface area contributed by atoms with Crippen LogP contribution in [0, 0.1) is 5.92 Å². The summed E-state index contributed by atoms with van der Waals surface area (Å²) in [5.74, 6) is 1.50.